The van der Waals surface area contributed by atoms with Crippen molar-refractivity contribution in [2.75, 3.05) is 13.2 Å². The van der Waals surface area contributed by atoms with Crippen LogP contribution in [0.4, 0.5) is 4.39 Å². The average Bonchev–Trinajstić information content (AvgIpc) is 2.85. The summed E-state index contributed by atoms with van der Waals surface area (Å²) in [5.41, 5.74) is 3.52. The van der Waals surface area contributed by atoms with Gasteiger partial charge in [0, 0.05) is 5.56 Å². The second kappa shape index (κ2) is 11.9. The highest BCUT2D eigenvalue weighted by Crippen LogP contribution is 2.29. The van der Waals surface area contributed by atoms with Crippen LogP contribution in [0.5, 0.6) is 11.5 Å². The third-order valence-electron chi connectivity index (χ3n) is 4.40. The highest BCUT2D eigenvalue weighted by atomic mass is 19.1. The molecule has 0 aliphatic rings. The summed E-state index contributed by atoms with van der Waals surface area (Å²) < 4.78 is 23.9. The first-order valence-corrected chi connectivity index (χ1v) is 10.4. The highest BCUT2D eigenvalue weighted by molar-refractivity contribution is 5.96. The Bertz CT molecular complexity index is 1180. The van der Waals surface area contributed by atoms with Crippen molar-refractivity contribution < 1.29 is 28.2 Å². The lowest BCUT2D eigenvalue weighted by atomic mass is 10.2. The van der Waals surface area contributed by atoms with Gasteiger partial charge in [-0.1, -0.05) is 18.2 Å². The third kappa shape index (κ3) is 6.99. The van der Waals surface area contributed by atoms with E-state index in [2.05, 4.69) is 15.8 Å². The largest absolute Gasteiger partial charge is 0.490 e. The molecule has 174 valence electrons. The number of hydrogen-bond acceptors (Lipinski definition) is 6. The second-order valence-corrected chi connectivity index (χ2v) is 6.88. The van der Waals surface area contributed by atoms with Crippen LogP contribution in [0.3, 0.4) is 0 Å². The SMILES string of the molecule is CCOc1cc(/C=N/NC(=O)CNC(=O)c2ccc(F)cc2)ccc1OC(=O)c1ccccc1. The maximum Gasteiger partial charge on any atom is 0.343 e. The zero-order chi connectivity index (χ0) is 24.3. The van der Waals surface area contributed by atoms with Gasteiger partial charge in [-0.2, -0.15) is 5.10 Å². The zero-order valence-electron chi connectivity index (χ0n) is 18.3. The molecule has 0 aliphatic heterocycles. The van der Waals surface area contributed by atoms with E-state index in [0.717, 1.165) is 12.1 Å². The molecule has 0 saturated carbocycles. The molecular weight excluding hydrogens is 441 g/mol. The van der Waals surface area contributed by atoms with Crippen molar-refractivity contribution in [3.8, 4) is 11.5 Å². The quantitative estimate of drug-likeness (QED) is 0.219. The molecule has 8 nitrogen and oxygen atoms in total. The van der Waals surface area contributed by atoms with Crippen molar-refractivity contribution in [2.24, 2.45) is 5.10 Å². The predicted octanol–water partition coefficient (Wildman–Crippen LogP) is 3.32. The minimum atomic E-state index is -0.551. The molecule has 0 aromatic heterocycles. The topological polar surface area (TPSA) is 106 Å². The monoisotopic (exact) mass is 463 g/mol. The van der Waals surface area contributed by atoms with E-state index in [9.17, 15) is 18.8 Å². The summed E-state index contributed by atoms with van der Waals surface area (Å²) in [6, 6.07) is 18.3. The molecule has 0 fully saturated rings. The van der Waals surface area contributed by atoms with Gasteiger partial charge in [0.05, 0.1) is 24.9 Å². The van der Waals surface area contributed by atoms with Crippen molar-refractivity contribution >= 4 is 24.0 Å². The number of carbonyl (C=O) groups excluding carboxylic acids is 3. The Morgan fingerprint density at radius 3 is 2.38 bits per heavy atom. The molecule has 0 radical (unpaired) electrons. The maximum atomic E-state index is 12.9. The number of ether oxygens (including phenoxy) is 2. The van der Waals surface area contributed by atoms with Crippen LogP contribution in [-0.2, 0) is 4.79 Å². The standard InChI is InChI=1S/C25H22FN3O5/c1-2-33-22-14-17(8-13-21(22)34-25(32)19-6-4-3-5-7-19)15-28-29-23(30)16-27-24(31)18-9-11-20(26)12-10-18/h3-15H,2,16H2,1H3,(H,27,31)(H,29,30)/b28-15+. The van der Waals surface area contributed by atoms with Crippen molar-refractivity contribution in [3.63, 3.8) is 0 Å². The normalized spacial score (nSPS) is 10.5. The lowest BCUT2D eigenvalue weighted by molar-refractivity contribution is -0.120. The van der Waals surface area contributed by atoms with Gasteiger partial charge in [-0.05, 0) is 67.1 Å². The van der Waals surface area contributed by atoms with Gasteiger partial charge in [0.25, 0.3) is 11.8 Å². The Hall–Kier alpha value is -4.53. The van der Waals surface area contributed by atoms with Crippen LogP contribution < -0.4 is 20.2 Å². The molecule has 3 rings (SSSR count). The van der Waals surface area contributed by atoms with E-state index >= 15 is 0 Å². The number of rotatable bonds is 9. The van der Waals surface area contributed by atoms with Crippen molar-refractivity contribution in [1.29, 1.82) is 0 Å². The Kier molecular flexibility index (Phi) is 8.45. The summed E-state index contributed by atoms with van der Waals surface area (Å²) in [6.45, 7) is 1.83. The zero-order valence-corrected chi connectivity index (χ0v) is 18.3. The molecule has 34 heavy (non-hydrogen) atoms. The van der Waals surface area contributed by atoms with Gasteiger partial charge in [0.15, 0.2) is 11.5 Å². The lowest BCUT2D eigenvalue weighted by Gasteiger charge is -2.11. The average molecular weight is 463 g/mol. The summed E-state index contributed by atoms with van der Waals surface area (Å²) in [4.78, 5) is 36.2. The van der Waals surface area contributed by atoms with Gasteiger partial charge in [0.2, 0.25) is 0 Å². The Labute approximate surface area is 195 Å². The number of benzene rings is 3. The minimum absolute atomic E-state index is 0.231. The molecule has 3 aromatic rings. The molecule has 0 spiro atoms. The lowest BCUT2D eigenvalue weighted by Crippen LogP contribution is -2.34. The summed E-state index contributed by atoms with van der Waals surface area (Å²) in [5.74, 6) is -1.45. The molecule has 0 bridgehead atoms. The number of hydrazone groups is 1. The summed E-state index contributed by atoms with van der Waals surface area (Å²) >= 11 is 0. The van der Waals surface area contributed by atoms with E-state index in [1.165, 1.54) is 18.3 Å². The van der Waals surface area contributed by atoms with Crippen LogP contribution in [0.1, 0.15) is 33.2 Å². The van der Waals surface area contributed by atoms with Gasteiger partial charge in [-0.15, -0.1) is 0 Å². The number of halogens is 1. The number of hydrogen-bond donors (Lipinski definition) is 2. The Morgan fingerprint density at radius 1 is 0.941 bits per heavy atom. The van der Waals surface area contributed by atoms with Gasteiger partial charge in [-0.25, -0.2) is 14.6 Å². The van der Waals surface area contributed by atoms with Gasteiger partial charge < -0.3 is 14.8 Å². The first kappa shape index (κ1) is 24.1. The fraction of sp³-hybridized carbons (Fsp3) is 0.120. The fourth-order valence-electron chi connectivity index (χ4n) is 2.77. The summed E-state index contributed by atoms with van der Waals surface area (Å²) in [7, 11) is 0. The van der Waals surface area contributed by atoms with Crippen LogP contribution in [0.2, 0.25) is 0 Å². The van der Waals surface area contributed by atoms with Gasteiger partial charge in [-0.3, -0.25) is 9.59 Å². The third-order valence-corrected chi connectivity index (χ3v) is 4.40. The molecular formula is C25H22FN3O5. The number of esters is 1. The molecule has 0 saturated heterocycles. The van der Waals surface area contributed by atoms with Crippen LogP contribution >= 0.6 is 0 Å². The molecule has 2 amide bonds. The number of nitrogens with one attached hydrogen (secondary N) is 2. The van der Waals surface area contributed by atoms with Gasteiger partial charge in [0.1, 0.15) is 5.82 Å². The van der Waals surface area contributed by atoms with Crippen molar-refractivity contribution in [1.82, 2.24) is 10.7 Å². The molecule has 9 heteroatoms. The van der Waals surface area contributed by atoms with E-state index in [1.54, 1.807) is 55.5 Å². The number of amides is 2. The molecule has 0 aliphatic carbocycles. The summed E-state index contributed by atoms with van der Waals surface area (Å²) in [6.07, 6.45) is 1.38. The van der Waals surface area contributed by atoms with Gasteiger partial charge >= 0.3 is 5.97 Å². The van der Waals surface area contributed by atoms with E-state index < -0.39 is 23.6 Å². The predicted molar refractivity (Wildman–Crippen MR) is 123 cm³/mol. The smallest absolute Gasteiger partial charge is 0.343 e. The van der Waals surface area contributed by atoms with Crippen LogP contribution in [-0.4, -0.2) is 37.1 Å². The van der Waals surface area contributed by atoms with E-state index in [-0.39, 0.29) is 17.9 Å². The molecule has 0 atom stereocenters. The Morgan fingerprint density at radius 2 is 1.68 bits per heavy atom. The highest BCUT2D eigenvalue weighted by Gasteiger charge is 2.13. The molecule has 0 heterocycles. The van der Waals surface area contributed by atoms with Crippen LogP contribution in [0.25, 0.3) is 0 Å². The maximum absolute atomic E-state index is 12.9. The van der Waals surface area contributed by atoms with E-state index in [4.69, 9.17) is 9.47 Å². The first-order valence-electron chi connectivity index (χ1n) is 10.4. The first-order chi connectivity index (χ1) is 16.5. The summed E-state index contributed by atoms with van der Waals surface area (Å²) in [5, 5.41) is 6.27. The second-order valence-electron chi connectivity index (χ2n) is 6.88. The van der Waals surface area contributed by atoms with Crippen molar-refractivity contribution in [3.05, 3.63) is 95.3 Å². The Balaban J connectivity index is 1.55. The van der Waals surface area contributed by atoms with E-state index in [0.29, 0.717) is 23.5 Å². The minimum Gasteiger partial charge on any atom is -0.490 e. The van der Waals surface area contributed by atoms with Crippen LogP contribution in [0, 0.1) is 5.82 Å². The molecule has 2 N–H and O–H groups in total. The van der Waals surface area contributed by atoms with E-state index in [1.807, 2.05) is 0 Å². The molecule has 0 unspecified atom stereocenters. The van der Waals surface area contributed by atoms with Crippen LogP contribution in [0.15, 0.2) is 77.9 Å². The van der Waals surface area contributed by atoms with Crippen molar-refractivity contribution in [2.45, 2.75) is 6.92 Å². The number of nitrogens with zero attached hydrogens (tertiary/aromatic N) is 1. The number of carbonyl (C=O) groups is 3. The molecule has 3 aromatic carbocycles. The fourth-order valence-corrected chi connectivity index (χ4v) is 2.77.